The van der Waals surface area contributed by atoms with E-state index in [0.717, 1.165) is 13.2 Å². The number of ketones is 2. The fraction of sp³-hybridized carbons (Fsp3) is 0.250. The first-order valence-corrected chi connectivity index (χ1v) is 6.45. The number of rotatable bonds is 3. The number of benzene rings is 1. The summed E-state index contributed by atoms with van der Waals surface area (Å²) in [6, 6.07) is 6.91. The van der Waals surface area contributed by atoms with Crippen LogP contribution in [0.15, 0.2) is 40.9 Å². The zero-order valence-corrected chi connectivity index (χ0v) is 11.8. The van der Waals surface area contributed by atoms with Gasteiger partial charge in [0.25, 0.3) is 0 Å². The summed E-state index contributed by atoms with van der Waals surface area (Å²) in [6.45, 7) is 2.89. The van der Waals surface area contributed by atoms with E-state index in [4.69, 9.17) is 0 Å². The number of carbonyl (C=O) groups excluding carboxylic acids is 3. The van der Waals surface area contributed by atoms with Gasteiger partial charge in [0.05, 0.1) is 6.54 Å². The molecule has 1 aliphatic carbocycles. The molecule has 0 saturated heterocycles. The van der Waals surface area contributed by atoms with E-state index < -0.39 is 17.2 Å². The average molecular weight is 285 g/mol. The highest BCUT2D eigenvalue weighted by Gasteiger charge is 2.43. The van der Waals surface area contributed by atoms with Crippen molar-refractivity contribution in [3.63, 3.8) is 0 Å². The quantitative estimate of drug-likeness (QED) is 0.670. The van der Waals surface area contributed by atoms with Gasteiger partial charge >= 0.3 is 0 Å². The monoisotopic (exact) mass is 285 g/mol. The fourth-order valence-corrected chi connectivity index (χ4v) is 2.08. The van der Waals surface area contributed by atoms with Crippen molar-refractivity contribution in [1.82, 2.24) is 0 Å². The summed E-state index contributed by atoms with van der Waals surface area (Å²) >= 11 is 0. The zero-order valence-electron chi connectivity index (χ0n) is 11.8. The SMILES string of the molecule is CC1=CC(=O)[C@@](C)(O)C(=O)C1=NCc1ccccc1C=O. The number of aliphatic hydroxyl groups is 1. The molecule has 1 N–H and O–H groups in total. The molecule has 108 valence electrons. The molecule has 2 rings (SSSR count). The van der Waals surface area contributed by atoms with Crippen LogP contribution in [0.4, 0.5) is 0 Å². The van der Waals surface area contributed by atoms with Crippen LogP contribution in [-0.4, -0.2) is 34.3 Å². The molecule has 1 aliphatic rings. The molecule has 1 aromatic carbocycles. The van der Waals surface area contributed by atoms with Crippen LogP contribution in [-0.2, 0) is 16.1 Å². The van der Waals surface area contributed by atoms with Gasteiger partial charge in [-0.3, -0.25) is 19.4 Å². The van der Waals surface area contributed by atoms with Crippen molar-refractivity contribution >= 4 is 23.6 Å². The van der Waals surface area contributed by atoms with E-state index >= 15 is 0 Å². The Morgan fingerprint density at radius 3 is 2.62 bits per heavy atom. The van der Waals surface area contributed by atoms with E-state index in [1.54, 1.807) is 31.2 Å². The molecular weight excluding hydrogens is 270 g/mol. The Morgan fingerprint density at radius 1 is 1.29 bits per heavy atom. The highest BCUT2D eigenvalue weighted by atomic mass is 16.3. The van der Waals surface area contributed by atoms with Crippen LogP contribution in [0.2, 0.25) is 0 Å². The summed E-state index contributed by atoms with van der Waals surface area (Å²) in [4.78, 5) is 38.9. The number of carbonyl (C=O) groups is 3. The Balaban J connectivity index is 2.37. The lowest BCUT2D eigenvalue weighted by atomic mass is 9.83. The molecule has 21 heavy (non-hydrogen) atoms. The van der Waals surface area contributed by atoms with Crippen LogP contribution in [0.25, 0.3) is 0 Å². The lowest BCUT2D eigenvalue weighted by Gasteiger charge is -2.24. The third kappa shape index (κ3) is 2.73. The van der Waals surface area contributed by atoms with Gasteiger partial charge in [0.2, 0.25) is 5.78 Å². The van der Waals surface area contributed by atoms with Crippen molar-refractivity contribution < 1.29 is 19.5 Å². The molecule has 0 aliphatic heterocycles. The van der Waals surface area contributed by atoms with Crippen molar-refractivity contribution in [3.8, 4) is 0 Å². The molecule has 0 amide bonds. The minimum atomic E-state index is -2.07. The van der Waals surface area contributed by atoms with Gasteiger partial charge in [0.1, 0.15) is 12.0 Å². The number of aliphatic imine (C=N–C) groups is 1. The molecule has 0 aromatic heterocycles. The number of aldehydes is 1. The van der Waals surface area contributed by atoms with E-state index in [1.165, 1.54) is 6.08 Å². The van der Waals surface area contributed by atoms with Crippen molar-refractivity contribution in [2.24, 2.45) is 4.99 Å². The van der Waals surface area contributed by atoms with Crippen molar-refractivity contribution in [3.05, 3.63) is 47.0 Å². The first-order valence-electron chi connectivity index (χ1n) is 6.45. The maximum absolute atomic E-state index is 12.1. The zero-order chi connectivity index (χ0) is 15.6. The highest BCUT2D eigenvalue weighted by Crippen LogP contribution is 2.20. The predicted molar refractivity (Wildman–Crippen MR) is 77.4 cm³/mol. The van der Waals surface area contributed by atoms with Crippen molar-refractivity contribution in [2.45, 2.75) is 26.0 Å². The molecule has 0 bridgehead atoms. The van der Waals surface area contributed by atoms with Crippen LogP contribution < -0.4 is 0 Å². The van der Waals surface area contributed by atoms with Gasteiger partial charge in [-0.25, -0.2) is 0 Å². The first-order chi connectivity index (χ1) is 9.87. The van der Waals surface area contributed by atoms with Crippen LogP contribution in [0.5, 0.6) is 0 Å². The molecule has 0 unspecified atom stereocenters. The number of nitrogens with zero attached hydrogens (tertiary/aromatic N) is 1. The summed E-state index contributed by atoms with van der Waals surface area (Å²) in [7, 11) is 0. The van der Waals surface area contributed by atoms with E-state index in [-0.39, 0.29) is 12.3 Å². The lowest BCUT2D eigenvalue weighted by Crippen LogP contribution is -2.50. The minimum absolute atomic E-state index is 0.0697. The standard InChI is InChI=1S/C16H15NO4/c1-10-7-13(19)16(2,21)15(20)14(10)17-8-11-5-3-4-6-12(11)9-18/h3-7,9,21H,8H2,1-2H3/t16-/m1/s1. The van der Waals surface area contributed by atoms with Crippen LogP contribution >= 0.6 is 0 Å². The van der Waals surface area contributed by atoms with Crippen LogP contribution in [0, 0.1) is 0 Å². The number of allylic oxidation sites excluding steroid dienone is 1. The molecule has 0 radical (unpaired) electrons. The van der Waals surface area contributed by atoms with E-state index in [2.05, 4.69) is 4.99 Å². The number of hydrogen-bond donors (Lipinski definition) is 1. The van der Waals surface area contributed by atoms with Gasteiger partial charge in [0, 0.05) is 5.56 Å². The predicted octanol–water partition coefficient (Wildman–Crippen LogP) is 1.29. The summed E-state index contributed by atoms with van der Waals surface area (Å²) in [6.07, 6.45) is 1.94. The Morgan fingerprint density at radius 2 is 1.95 bits per heavy atom. The number of Topliss-reactive ketones (excluding diaryl/α,β-unsaturated/α-hetero) is 1. The summed E-state index contributed by atoms with van der Waals surface area (Å²) in [5, 5.41) is 9.92. The molecule has 0 saturated carbocycles. The maximum atomic E-state index is 12.1. The van der Waals surface area contributed by atoms with Gasteiger partial charge in [-0.1, -0.05) is 24.3 Å². The minimum Gasteiger partial charge on any atom is -0.374 e. The Bertz CT molecular complexity index is 683. The maximum Gasteiger partial charge on any atom is 0.220 e. The topological polar surface area (TPSA) is 83.8 Å². The molecule has 0 spiro atoms. The molecular formula is C16H15NO4. The molecule has 1 atom stereocenters. The normalized spacial score (nSPS) is 24.1. The van der Waals surface area contributed by atoms with E-state index in [9.17, 15) is 19.5 Å². The van der Waals surface area contributed by atoms with E-state index in [1.807, 2.05) is 0 Å². The summed E-state index contributed by atoms with van der Waals surface area (Å²) in [5.74, 6) is -1.35. The molecule has 1 aromatic rings. The molecule has 5 nitrogen and oxygen atoms in total. The van der Waals surface area contributed by atoms with Crippen LogP contribution in [0.3, 0.4) is 0 Å². The Hall–Kier alpha value is -2.40. The smallest absolute Gasteiger partial charge is 0.220 e. The summed E-state index contributed by atoms with van der Waals surface area (Å²) in [5.41, 5.74) is -0.408. The second-order valence-electron chi connectivity index (χ2n) is 5.07. The Labute approximate surface area is 122 Å². The summed E-state index contributed by atoms with van der Waals surface area (Å²) < 4.78 is 0. The molecule has 0 fully saturated rings. The largest absolute Gasteiger partial charge is 0.374 e. The third-order valence-corrected chi connectivity index (χ3v) is 3.45. The van der Waals surface area contributed by atoms with Crippen molar-refractivity contribution in [1.29, 1.82) is 0 Å². The van der Waals surface area contributed by atoms with Crippen LogP contribution in [0.1, 0.15) is 29.8 Å². The second kappa shape index (κ2) is 5.54. The third-order valence-electron chi connectivity index (χ3n) is 3.45. The average Bonchev–Trinajstić information content (AvgIpc) is 2.46. The van der Waals surface area contributed by atoms with Gasteiger partial charge in [0.15, 0.2) is 11.4 Å². The fourth-order valence-electron chi connectivity index (χ4n) is 2.08. The molecule has 5 heteroatoms. The van der Waals surface area contributed by atoms with Gasteiger partial charge in [-0.2, -0.15) is 0 Å². The second-order valence-corrected chi connectivity index (χ2v) is 5.07. The van der Waals surface area contributed by atoms with Gasteiger partial charge in [-0.15, -0.1) is 0 Å². The Kier molecular flexibility index (Phi) is 3.95. The van der Waals surface area contributed by atoms with Crippen molar-refractivity contribution in [2.75, 3.05) is 0 Å². The van der Waals surface area contributed by atoms with E-state index in [0.29, 0.717) is 16.7 Å². The van der Waals surface area contributed by atoms with Gasteiger partial charge in [-0.05, 0) is 31.1 Å². The lowest BCUT2D eigenvalue weighted by molar-refractivity contribution is -0.142. The van der Waals surface area contributed by atoms with Gasteiger partial charge < -0.3 is 5.11 Å². The highest BCUT2D eigenvalue weighted by molar-refractivity contribution is 6.54. The number of hydrogen-bond acceptors (Lipinski definition) is 5. The molecule has 0 heterocycles. The first kappa shape index (κ1) is 15.0.